The fourth-order valence-corrected chi connectivity index (χ4v) is 2.77. The lowest BCUT2D eigenvalue weighted by atomic mass is 10.1. The topological polar surface area (TPSA) is 84.0 Å². The molecular weight excluding hydrogens is 495 g/mol. The Morgan fingerprint density at radius 1 is 1.03 bits per heavy atom. The van der Waals surface area contributed by atoms with Gasteiger partial charge in [-0.25, -0.2) is 4.99 Å². The van der Waals surface area contributed by atoms with Crippen LogP contribution in [0.25, 0.3) is 0 Å². The molecule has 0 unspecified atom stereocenters. The van der Waals surface area contributed by atoms with Crippen molar-refractivity contribution in [3.05, 3.63) is 53.6 Å². The van der Waals surface area contributed by atoms with Gasteiger partial charge in [-0.3, -0.25) is 4.79 Å². The van der Waals surface area contributed by atoms with Crippen LogP contribution >= 0.6 is 24.0 Å². The van der Waals surface area contributed by atoms with E-state index in [1.807, 2.05) is 49.4 Å². The molecule has 0 fully saturated rings. The number of carbonyl (C=O) groups is 1. The number of benzene rings is 2. The molecule has 7 nitrogen and oxygen atoms in total. The van der Waals surface area contributed by atoms with Gasteiger partial charge in [0.2, 0.25) is 5.91 Å². The highest BCUT2D eigenvalue weighted by Gasteiger charge is 2.05. The molecule has 2 aromatic carbocycles. The van der Waals surface area contributed by atoms with E-state index >= 15 is 0 Å². The van der Waals surface area contributed by atoms with Crippen LogP contribution in [0.5, 0.6) is 11.5 Å². The van der Waals surface area contributed by atoms with Gasteiger partial charge in [-0.2, -0.15) is 0 Å². The quantitative estimate of drug-likeness (QED) is 0.265. The van der Waals surface area contributed by atoms with Crippen LogP contribution in [-0.2, 0) is 17.8 Å². The fraction of sp³-hybridized carbons (Fsp3) is 0.364. The van der Waals surface area contributed by atoms with Gasteiger partial charge in [0.1, 0.15) is 11.5 Å². The average Bonchev–Trinajstić information content (AvgIpc) is 2.72. The average molecular weight is 526 g/mol. The Bertz CT molecular complexity index is 826. The van der Waals surface area contributed by atoms with E-state index in [1.165, 1.54) is 12.5 Å². The van der Waals surface area contributed by atoms with Crippen molar-refractivity contribution in [2.24, 2.45) is 4.99 Å². The first-order valence-electron chi connectivity index (χ1n) is 9.65. The zero-order valence-corrected chi connectivity index (χ0v) is 20.3. The molecule has 164 valence electrons. The number of guanidine groups is 1. The highest BCUT2D eigenvalue weighted by molar-refractivity contribution is 14.0. The van der Waals surface area contributed by atoms with Crippen molar-refractivity contribution < 1.29 is 14.3 Å². The van der Waals surface area contributed by atoms with Gasteiger partial charge < -0.3 is 25.4 Å². The highest BCUT2D eigenvalue weighted by Crippen LogP contribution is 2.25. The van der Waals surface area contributed by atoms with Gasteiger partial charge in [0.25, 0.3) is 0 Å². The highest BCUT2D eigenvalue weighted by atomic mass is 127. The molecule has 8 heteroatoms. The summed E-state index contributed by atoms with van der Waals surface area (Å²) in [5.41, 5.74) is 2.97. The Hall–Kier alpha value is -2.49. The maximum atomic E-state index is 11.1. The summed E-state index contributed by atoms with van der Waals surface area (Å²) in [6, 6.07) is 13.6. The molecule has 0 heterocycles. The van der Waals surface area contributed by atoms with Gasteiger partial charge in [0.15, 0.2) is 5.96 Å². The van der Waals surface area contributed by atoms with E-state index in [0.717, 1.165) is 48.2 Å². The van der Waals surface area contributed by atoms with E-state index in [0.29, 0.717) is 6.54 Å². The van der Waals surface area contributed by atoms with E-state index in [9.17, 15) is 4.79 Å². The van der Waals surface area contributed by atoms with Crippen molar-refractivity contribution in [1.29, 1.82) is 0 Å². The summed E-state index contributed by atoms with van der Waals surface area (Å²) in [7, 11) is 3.27. The van der Waals surface area contributed by atoms with Gasteiger partial charge in [-0.05, 0) is 43.2 Å². The number of nitrogens with one attached hydrogen (secondary N) is 3. The third kappa shape index (κ3) is 8.48. The first-order chi connectivity index (χ1) is 14.0. The van der Waals surface area contributed by atoms with Crippen LogP contribution in [0.3, 0.4) is 0 Å². The molecule has 0 aliphatic rings. The minimum absolute atomic E-state index is 0. The molecule has 30 heavy (non-hydrogen) atoms. The number of hydrogen-bond acceptors (Lipinski definition) is 4. The Labute approximate surface area is 195 Å². The van der Waals surface area contributed by atoms with Crippen LogP contribution in [0.2, 0.25) is 0 Å². The molecule has 1 amide bonds. The Balaban J connectivity index is 0.00000450. The van der Waals surface area contributed by atoms with Crippen LogP contribution in [0.15, 0.2) is 47.5 Å². The standard InChI is InChI=1S/C22H30N4O3.HI/c1-5-23-22(25-15-18-8-11-20(28-3)14-21(18)29-4)24-13-12-17-6-9-19(10-7-17)26-16(2)27;/h6-11,14H,5,12-13,15H2,1-4H3,(H,26,27)(H2,23,24,25);1H. The summed E-state index contributed by atoms with van der Waals surface area (Å²) in [5.74, 6) is 2.19. The predicted octanol–water partition coefficient (Wildman–Crippen LogP) is 3.58. The smallest absolute Gasteiger partial charge is 0.221 e. The van der Waals surface area contributed by atoms with E-state index < -0.39 is 0 Å². The largest absolute Gasteiger partial charge is 0.497 e. The lowest BCUT2D eigenvalue weighted by Crippen LogP contribution is -2.38. The van der Waals surface area contributed by atoms with E-state index in [-0.39, 0.29) is 29.9 Å². The molecule has 0 spiro atoms. The van der Waals surface area contributed by atoms with Gasteiger partial charge in [0.05, 0.1) is 20.8 Å². The number of carbonyl (C=O) groups excluding carboxylic acids is 1. The first kappa shape index (κ1) is 25.5. The summed E-state index contributed by atoms with van der Waals surface area (Å²) < 4.78 is 10.7. The Morgan fingerprint density at radius 3 is 2.37 bits per heavy atom. The third-order valence-electron chi connectivity index (χ3n) is 4.23. The summed E-state index contributed by atoms with van der Waals surface area (Å²) in [5, 5.41) is 9.38. The molecule has 0 aliphatic carbocycles. The third-order valence-corrected chi connectivity index (χ3v) is 4.23. The lowest BCUT2D eigenvalue weighted by Gasteiger charge is -2.13. The van der Waals surface area contributed by atoms with Crippen LogP contribution in [-0.4, -0.2) is 39.2 Å². The maximum absolute atomic E-state index is 11.1. The van der Waals surface area contributed by atoms with E-state index in [4.69, 9.17) is 9.47 Å². The minimum Gasteiger partial charge on any atom is -0.497 e. The summed E-state index contributed by atoms with van der Waals surface area (Å²) in [4.78, 5) is 15.7. The van der Waals surface area contributed by atoms with Crippen molar-refractivity contribution in [1.82, 2.24) is 10.6 Å². The number of amides is 1. The van der Waals surface area contributed by atoms with Crippen LogP contribution < -0.4 is 25.4 Å². The number of anilines is 1. The number of ether oxygens (including phenoxy) is 2. The van der Waals surface area contributed by atoms with Crippen molar-refractivity contribution in [3.63, 3.8) is 0 Å². The summed E-state index contributed by atoms with van der Waals surface area (Å²) in [6.45, 7) is 5.54. The zero-order chi connectivity index (χ0) is 21.1. The summed E-state index contributed by atoms with van der Waals surface area (Å²) in [6.07, 6.45) is 0.844. The zero-order valence-electron chi connectivity index (χ0n) is 18.0. The Kier molecular flexibility index (Phi) is 11.7. The molecular formula is C22H31IN4O3. The molecule has 0 bridgehead atoms. The van der Waals surface area contributed by atoms with Crippen LogP contribution in [0, 0.1) is 0 Å². The second kappa shape index (κ2) is 13.7. The van der Waals surface area contributed by atoms with Gasteiger partial charge in [-0.15, -0.1) is 24.0 Å². The van der Waals surface area contributed by atoms with E-state index in [2.05, 4.69) is 20.9 Å². The second-order valence-corrected chi connectivity index (χ2v) is 6.43. The van der Waals surface area contributed by atoms with Crippen LogP contribution in [0.4, 0.5) is 5.69 Å². The first-order valence-corrected chi connectivity index (χ1v) is 9.65. The number of nitrogens with zero attached hydrogens (tertiary/aromatic N) is 1. The molecule has 3 N–H and O–H groups in total. The van der Waals surface area contributed by atoms with Crippen molar-refractivity contribution in [3.8, 4) is 11.5 Å². The van der Waals surface area contributed by atoms with E-state index in [1.54, 1.807) is 14.2 Å². The van der Waals surface area contributed by atoms with Crippen molar-refractivity contribution in [2.75, 3.05) is 32.6 Å². The molecule has 0 saturated heterocycles. The van der Waals surface area contributed by atoms with Crippen molar-refractivity contribution in [2.45, 2.75) is 26.8 Å². The number of methoxy groups -OCH3 is 2. The maximum Gasteiger partial charge on any atom is 0.221 e. The fourth-order valence-electron chi connectivity index (χ4n) is 2.77. The van der Waals surface area contributed by atoms with Gasteiger partial charge >= 0.3 is 0 Å². The molecule has 2 aromatic rings. The Morgan fingerprint density at radius 2 is 1.77 bits per heavy atom. The molecule has 0 saturated carbocycles. The molecule has 0 radical (unpaired) electrons. The molecule has 2 rings (SSSR count). The number of rotatable bonds is 9. The van der Waals surface area contributed by atoms with Gasteiger partial charge in [-0.1, -0.05) is 12.1 Å². The van der Waals surface area contributed by atoms with Crippen LogP contribution in [0.1, 0.15) is 25.0 Å². The normalized spacial score (nSPS) is 10.6. The number of aliphatic imine (C=N–C) groups is 1. The summed E-state index contributed by atoms with van der Waals surface area (Å²) >= 11 is 0. The second-order valence-electron chi connectivity index (χ2n) is 6.43. The molecule has 0 atom stereocenters. The number of hydrogen-bond donors (Lipinski definition) is 3. The van der Waals surface area contributed by atoms with Crippen molar-refractivity contribution >= 4 is 41.5 Å². The van der Waals surface area contributed by atoms with Gasteiger partial charge in [0, 0.05) is 37.3 Å². The minimum atomic E-state index is -0.0700. The molecule has 0 aromatic heterocycles. The predicted molar refractivity (Wildman–Crippen MR) is 132 cm³/mol. The molecule has 0 aliphatic heterocycles. The monoisotopic (exact) mass is 526 g/mol. The number of halogens is 1. The lowest BCUT2D eigenvalue weighted by molar-refractivity contribution is -0.114. The SMILES string of the molecule is CCNC(=NCc1ccc(OC)cc1OC)NCCc1ccc(NC(C)=O)cc1.I.